The van der Waals surface area contributed by atoms with Gasteiger partial charge in [-0.2, -0.15) is 5.26 Å². The lowest BCUT2D eigenvalue weighted by Crippen LogP contribution is -2.03. The van der Waals surface area contributed by atoms with E-state index in [-0.39, 0.29) is 0 Å². The van der Waals surface area contributed by atoms with Gasteiger partial charge in [0.05, 0.1) is 18.3 Å². The second-order valence-corrected chi connectivity index (χ2v) is 3.44. The molecule has 86 valence electrons. The van der Waals surface area contributed by atoms with Crippen LogP contribution in [0.5, 0.6) is 0 Å². The number of hydrogen-bond acceptors (Lipinski definition) is 5. The van der Waals surface area contributed by atoms with Crippen LogP contribution in [0.2, 0.25) is 0 Å². The number of rotatable bonds is 4. The number of nitrogens with one attached hydrogen (secondary N) is 1. The Morgan fingerprint density at radius 3 is 3.06 bits per heavy atom. The fourth-order valence-corrected chi connectivity index (χ4v) is 1.39. The highest BCUT2D eigenvalue weighted by atomic mass is 16.4. The zero-order valence-corrected chi connectivity index (χ0v) is 9.47. The molecule has 2 rings (SSSR count). The lowest BCUT2D eigenvalue weighted by atomic mass is 10.3. The molecule has 0 saturated carbocycles. The Bertz CT molecular complexity index is 541. The maximum absolute atomic E-state index is 8.89. The first-order chi connectivity index (χ1) is 8.33. The molecular weight excluding hydrogens is 216 g/mol. The summed E-state index contributed by atoms with van der Waals surface area (Å²) in [7, 11) is 0. The van der Waals surface area contributed by atoms with Crippen LogP contribution in [0.25, 0.3) is 0 Å². The molecule has 1 N–H and O–H groups in total. The lowest BCUT2D eigenvalue weighted by Gasteiger charge is -2.03. The minimum Gasteiger partial charge on any atom is -0.444 e. The van der Waals surface area contributed by atoms with Crippen molar-refractivity contribution in [2.75, 3.05) is 5.32 Å². The number of aryl methyl sites for hydroxylation is 1. The number of nitrogens with zero attached hydrogens (tertiary/aromatic N) is 3. The standard InChI is InChI=1S/C12H12N4O/c1-2-10-7-15-11(17-10)8-16-12-9(6-13)4-3-5-14-12/h3-5,7H,2,8H2,1H3,(H,14,16). The summed E-state index contributed by atoms with van der Waals surface area (Å²) in [5, 5.41) is 11.9. The Morgan fingerprint density at radius 2 is 2.35 bits per heavy atom. The van der Waals surface area contributed by atoms with Crippen LogP contribution in [-0.4, -0.2) is 9.97 Å². The molecule has 0 amide bonds. The van der Waals surface area contributed by atoms with Gasteiger partial charge in [0.2, 0.25) is 5.89 Å². The van der Waals surface area contributed by atoms with E-state index >= 15 is 0 Å². The Labute approximate surface area is 99.1 Å². The molecule has 2 aromatic rings. The number of aromatic nitrogens is 2. The van der Waals surface area contributed by atoms with Crippen molar-refractivity contribution >= 4 is 5.82 Å². The SMILES string of the molecule is CCc1cnc(CNc2ncccc2C#N)o1. The largest absolute Gasteiger partial charge is 0.444 e. The summed E-state index contributed by atoms with van der Waals surface area (Å²) < 4.78 is 5.44. The first-order valence-corrected chi connectivity index (χ1v) is 5.36. The molecule has 0 unspecified atom stereocenters. The summed E-state index contributed by atoms with van der Waals surface area (Å²) in [6.07, 6.45) is 4.16. The van der Waals surface area contributed by atoms with Gasteiger partial charge in [0.1, 0.15) is 17.6 Å². The average Bonchev–Trinajstić information content (AvgIpc) is 2.84. The summed E-state index contributed by atoms with van der Waals surface area (Å²) >= 11 is 0. The second-order valence-electron chi connectivity index (χ2n) is 3.44. The molecular formula is C12H12N4O. The van der Waals surface area contributed by atoms with Gasteiger partial charge in [-0.25, -0.2) is 9.97 Å². The maximum atomic E-state index is 8.89. The van der Waals surface area contributed by atoms with Gasteiger partial charge in [0, 0.05) is 12.6 Å². The monoisotopic (exact) mass is 228 g/mol. The van der Waals surface area contributed by atoms with Crippen molar-refractivity contribution in [1.82, 2.24) is 9.97 Å². The smallest absolute Gasteiger partial charge is 0.213 e. The molecule has 0 spiro atoms. The highest BCUT2D eigenvalue weighted by Crippen LogP contribution is 2.11. The van der Waals surface area contributed by atoms with E-state index in [2.05, 4.69) is 21.4 Å². The molecule has 0 aliphatic carbocycles. The Morgan fingerprint density at radius 1 is 1.47 bits per heavy atom. The van der Waals surface area contributed by atoms with Crippen molar-refractivity contribution in [3.63, 3.8) is 0 Å². The fraction of sp³-hybridized carbons (Fsp3) is 0.250. The van der Waals surface area contributed by atoms with Crippen LogP contribution in [-0.2, 0) is 13.0 Å². The first-order valence-electron chi connectivity index (χ1n) is 5.36. The molecule has 0 saturated heterocycles. The molecule has 0 aromatic carbocycles. The Hall–Kier alpha value is -2.35. The maximum Gasteiger partial charge on any atom is 0.213 e. The van der Waals surface area contributed by atoms with Crippen LogP contribution in [0.15, 0.2) is 28.9 Å². The molecule has 5 nitrogen and oxygen atoms in total. The second kappa shape index (κ2) is 5.12. The first kappa shape index (κ1) is 11.1. The van der Waals surface area contributed by atoms with Gasteiger partial charge >= 0.3 is 0 Å². The molecule has 5 heteroatoms. The lowest BCUT2D eigenvalue weighted by molar-refractivity contribution is 0.465. The van der Waals surface area contributed by atoms with Crippen molar-refractivity contribution in [3.05, 3.63) is 41.7 Å². The third kappa shape index (κ3) is 2.61. The van der Waals surface area contributed by atoms with Crippen LogP contribution in [0.4, 0.5) is 5.82 Å². The van der Waals surface area contributed by atoms with E-state index in [0.29, 0.717) is 23.8 Å². The van der Waals surface area contributed by atoms with E-state index in [1.165, 1.54) is 0 Å². The molecule has 0 atom stereocenters. The molecule has 0 fully saturated rings. The van der Waals surface area contributed by atoms with Gasteiger partial charge in [0.15, 0.2) is 0 Å². The van der Waals surface area contributed by atoms with Crippen LogP contribution >= 0.6 is 0 Å². The normalized spacial score (nSPS) is 9.88. The van der Waals surface area contributed by atoms with E-state index in [9.17, 15) is 0 Å². The highest BCUT2D eigenvalue weighted by molar-refractivity contribution is 5.50. The quantitative estimate of drug-likeness (QED) is 0.867. The predicted octanol–water partition coefficient (Wildman–Crippen LogP) is 2.12. The molecule has 0 bridgehead atoms. The van der Waals surface area contributed by atoms with E-state index in [1.54, 1.807) is 24.5 Å². The molecule has 0 radical (unpaired) electrons. The van der Waals surface area contributed by atoms with E-state index in [1.807, 2.05) is 6.92 Å². The molecule has 2 heterocycles. The molecule has 0 aliphatic rings. The number of hydrogen-bond donors (Lipinski definition) is 1. The van der Waals surface area contributed by atoms with Gasteiger partial charge in [-0.05, 0) is 12.1 Å². The van der Waals surface area contributed by atoms with Crippen molar-refractivity contribution in [2.24, 2.45) is 0 Å². The highest BCUT2D eigenvalue weighted by Gasteiger charge is 2.05. The molecule has 17 heavy (non-hydrogen) atoms. The van der Waals surface area contributed by atoms with E-state index in [4.69, 9.17) is 9.68 Å². The third-order valence-corrected chi connectivity index (χ3v) is 2.29. The summed E-state index contributed by atoms with van der Waals surface area (Å²) in [5.41, 5.74) is 0.509. The predicted molar refractivity (Wildman–Crippen MR) is 62.2 cm³/mol. The van der Waals surface area contributed by atoms with Gasteiger partial charge in [-0.3, -0.25) is 0 Å². The van der Waals surface area contributed by atoms with Crippen molar-refractivity contribution < 1.29 is 4.42 Å². The zero-order valence-electron chi connectivity index (χ0n) is 9.47. The van der Waals surface area contributed by atoms with E-state index < -0.39 is 0 Å². The van der Waals surface area contributed by atoms with Crippen LogP contribution in [0.3, 0.4) is 0 Å². The van der Waals surface area contributed by atoms with Gasteiger partial charge in [0.25, 0.3) is 0 Å². The summed E-state index contributed by atoms with van der Waals surface area (Å²) in [4.78, 5) is 8.21. The van der Waals surface area contributed by atoms with Crippen LogP contribution < -0.4 is 5.32 Å². The fourth-order valence-electron chi connectivity index (χ4n) is 1.39. The van der Waals surface area contributed by atoms with E-state index in [0.717, 1.165) is 12.2 Å². The summed E-state index contributed by atoms with van der Waals surface area (Å²) in [6.45, 7) is 2.43. The van der Waals surface area contributed by atoms with Crippen molar-refractivity contribution in [1.29, 1.82) is 5.26 Å². The Kier molecular flexibility index (Phi) is 3.36. The minimum absolute atomic E-state index is 0.422. The van der Waals surface area contributed by atoms with Crippen LogP contribution in [0.1, 0.15) is 24.1 Å². The third-order valence-electron chi connectivity index (χ3n) is 2.29. The number of pyridine rings is 1. The van der Waals surface area contributed by atoms with Crippen LogP contribution in [0, 0.1) is 11.3 Å². The molecule has 2 aromatic heterocycles. The van der Waals surface area contributed by atoms with Crippen molar-refractivity contribution in [3.8, 4) is 6.07 Å². The number of anilines is 1. The summed E-state index contributed by atoms with van der Waals surface area (Å²) in [6, 6.07) is 5.51. The number of nitriles is 1. The zero-order chi connectivity index (χ0) is 12.1. The Balaban J connectivity index is 2.05. The summed E-state index contributed by atoms with van der Waals surface area (Å²) in [5.74, 6) is 1.99. The average molecular weight is 228 g/mol. The molecule has 0 aliphatic heterocycles. The number of oxazole rings is 1. The minimum atomic E-state index is 0.422. The van der Waals surface area contributed by atoms with Gasteiger partial charge in [-0.1, -0.05) is 6.92 Å². The topological polar surface area (TPSA) is 74.7 Å². The van der Waals surface area contributed by atoms with Crippen molar-refractivity contribution in [2.45, 2.75) is 19.9 Å². The van der Waals surface area contributed by atoms with Gasteiger partial charge < -0.3 is 9.73 Å². The van der Waals surface area contributed by atoms with Gasteiger partial charge in [-0.15, -0.1) is 0 Å².